The third kappa shape index (κ3) is 3.20. The van der Waals surface area contributed by atoms with Gasteiger partial charge in [-0.05, 0) is 32.9 Å². The van der Waals surface area contributed by atoms with E-state index in [0.717, 1.165) is 28.4 Å². The van der Waals surface area contributed by atoms with Crippen molar-refractivity contribution in [2.45, 2.75) is 25.8 Å². The van der Waals surface area contributed by atoms with Crippen LogP contribution in [0, 0.1) is 6.92 Å². The lowest BCUT2D eigenvalue weighted by molar-refractivity contribution is 0.112. The molecule has 0 unspecified atom stereocenters. The second kappa shape index (κ2) is 6.57. The SMILES string of the molecule is CC(C)=CCSc1c(C=O)c(C)nn1-c1ccccc1. The summed E-state index contributed by atoms with van der Waals surface area (Å²) in [5.41, 5.74) is 3.70. The third-order valence-corrected chi connectivity index (χ3v) is 3.89. The molecule has 0 amide bonds. The first-order chi connectivity index (χ1) is 9.63. The van der Waals surface area contributed by atoms with Crippen molar-refractivity contribution in [2.24, 2.45) is 0 Å². The number of hydrogen-bond donors (Lipinski definition) is 0. The van der Waals surface area contributed by atoms with E-state index in [2.05, 4.69) is 25.0 Å². The monoisotopic (exact) mass is 286 g/mol. The summed E-state index contributed by atoms with van der Waals surface area (Å²) in [5.74, 6) is 0.834. The lowest BCUT2D eigenvalue weighted by atomic mass is 10.3. The van der Waals surface area contributed by atoms with Crippen LogP contribution < -0.4 is 0 Å². The molecule has 20 heavy (non-hydrogen) atoms. The van der Waals surface area contributed by atoms with E-state index in [1.54, 1.807) is 11.8 Å². The zero-order chi connectivity index (χ0) is 14.5. The van der Waals surface area contributed by atoms with Crippen molar-refractivity contribution in [1.29, 1.82) is 0 Å². The van der Waals surface area contributed by atoms with Gasteiger partial charge in [-0.2, -0.15) is 5.10 Å². The Hall–Kier alpha value is -1.81. The molecule has 0 fully saturated rings. The van der Waals surface area contributed by atoms with Crippen molar-refractivity contribution >= 4 is 18.0 Å². The average molecular weight is 286 g/mol. The molecule has 0 saturated carbocycles. The van der Waals surface area contributed by atoms with Gasteiger partial charge in [0, 0.05) is 5.75 Å². The van der Waals surface area contributed by atoms with E-state index < -0.39 is 0 Å². The number of hydrogen-bond acceptors (Lipinski definition) is 3. The van der Waals surface area contributed by atoms with E-state index in [1.165, 1.54) is 5.57 Å². The first kappa shape index (κ1) is 14.6. The molecule has 1 heterocycles. The van der Waals surface area contributed by atoms with Crippen molar-refractivity contribution in [1.82, 2.24) is 9.78 Å². The summed E-state index contributed by atoms with van der Waals surface area (Å²) >= 11 is 1.64. The Kier molecular flexibility index (Phi) is 4.79. The molecule has 0 saturated heterocycles. The number of benzene rings is 1. The van der Waals surface area contributed by atoms with Crippen molar-refractivity contribution in [2.75, 3.05) is 5.75 Å². The molecule has 1 aromatic heterocycles. The number of aryl methyl sites for hydroxylation is 1. The number of allylic oxidation sites excluding steroid dienone is 1. The fourth-order valence-electron chi connectivity index (χ4n) is 1.82. The van der Waals surface area contributed by atoms with Crippen molar-refractivity contribution in [3.63, 3.8) is 0 Å². The van der Waals surface area contributed by atoms with Crippen LogP contribution in [0.1, 0.15) is 29.9 Å². The van der Waals surface area contributed by atoms with E-state index >= 15 is 0 Å². The molecular formula is C16H18N2OS. The Morgan fingerprint density at radius 2 is 2.00 bits per heavy atom. The van der Waals surface area contributed by atoms with Gasteiger partial charge in [0.15, 0.2) is 6.29 Å². The smallest absolute Gasteiger partial charge is 0.154 e. The highest BCUT2D eigenvalue weighted by atomic mass is 32.2. The Morgan fingerprint density at radius 3 is 2.60 bits per heavy atom. The lowest BCUT2D eigenvalue weighted by Gasteiger charge is -2.06. The summed E-state index contributed by atoms with van der Waals surface area (Å²) in [6, 6.07) is 9.89. The summed E-state index contributed by atoms with van der Waals surface area (Å²) in [4.78, 5) is 11.3. The Balaban J connectivity index is 2.41. The molecule has 0 atom stereocenters. The van der Waals surface area contributed by atoms with Crippen molar-refractivity contribution in [3.05, 3.63) is 53.2 Å². The van der Waals surface area contributed by atoms with E-state index in [9.17, 15) is 4.79 Å². The summed E-state index contributed by atoms with van der Waals surface area (Å²) < 4.78 is 1.85. The number of para-hydroxylation sites is 1. The number of nitrogens with zero attached hydrogens (tertiary/aromatic N) is 2. The molecule has 0 N–H and O–H groups in total. The Bertz CT molecular complexity index is 625. The van der Waals surface area contributed by atoms with Gasteiger partial charge in [0.2, 0.25) is 0 Å². The number of aromatic nitrogens is 2. The molecular weight excluding hydrogens is 268 g/mol. The largest absolute Gasteiger partial charge is 0.298 e. The number of aldehydes is 1. The molecule has 0 aliphatic rings. The highest BCUT2D eigenvalue weighted by Gasteiger charge is 2.15. The van der Waals surface area contributed by atoms with Gasteiger partial charge < -0.3 is 0 Å². The van der Waals surface area contributed by atoms with Crippen LogP contribution in [0.25, 0.3) is 5.69 Å². The molecule has 104 valence electrons. The van der Waals surface area contributed by atoms with Gasteiger partial charge in [0.05, 0.1) is 16.9 Å². The van der Waals surface area contributed by atoms with E-state index in [-0.39, 0.29) is 0 Å². The van der Waals surface area contributed by atoms with Gasteiger partial charge in [0.1, 0.15) is 5.03 Å². The molecule has 3 nitrogen and oxygen atoms in total. The van der Waals surface area contributed by atoms with Crippen LogP contribution in [-0.2, 0) is 0 Å². The fourth-order valence-corrected chi connectivity index (χ4v) is 3.02. The zero-order valence-corrected chi connectivity index (χ0v) is 12.8. The second-order valence-corrected chi connectivity index (χ2v) is 5.77. The van der Waals surface area contributed by atoms with Crippen LogP contribution >= 0.6 is 11.8 Å². The van der Waals surface area contributed by atoms with E-state index in [4.69, 9.17) is 0 Å². The van der Waals surface area contributed by atoms with Crippen LogP contribution in [0.2, 0.25) is 0 Å². The molecule has 2 rings (SSSR count). The third-order valence-electron chi connectivity index (χ3n) is 2.89. The van der Waals surface area contributed by atoms with Crippen LogP contribution in [0.5, 0.6) is 0 Å². The molecule has 1 aromatic carbocycles. The summed E-state index contributed by atoms with van der Waals surface area (Å²) in [5, 5.41) is 5.40. The summed E-state index contributed by atoms with van der Waals surface area (Å²) in [7, 11) is 0. The maximum atomic E-state index is 11.3. The Morgan fingerprint density at radius 1 is 1.30 bits per heavy atom. The van der Waals surface area contributed by atoms with Gasteiger partial charge in [-0.15, -0.1) is 11.8 Å². The van der Waals surface area contributed by atoms with Gasteiger partial charge in [0.25, 0.3) is 0 Å². The lowest BCUT2D eigenvalue weighted by Crippen LogP contribution is -1.99. The highest BCUT2D eigenvalue weighted by Crippen LogP contribution is 2.27. The minimum absolute atomic E-state index is 0.681. The topological polar surface area (TPSA) is 34.9 Å². The normalized spacial score (nSPS) is 10.3. The first-order valence-electron chi connectivity index (χ1n) is 6.50. The van der Waals surface area contributed by atoms with Gasteiger partial charge in [-0.25, -0.2) is 4.68 Å². The molecule has 0 radical (unpaired) electrons. The molecule has 0 aliphatic carbocycles. The fraction of sp³-hybridized carbons (Fsp3) is 0.250. The zero-order valence-electron chi connectivity index (χ0n) is 12.0. The molecule has 4 heteroatoms. The quantitative estimate of drug-likeness (QED) is 0.472. The van der Waals surface area contributed by atoms with Crippen molar-refractivity contribution in [3.8, 4) is 5.69 Å². The van der Waals surface area contributed by atoms with Crippen molar-refractivity contribution < 1.29 is 4.79 Å². The summed E-state index contributed by atoms with van der Waals surface area (Å²) in [6.45, 7) is 6.01. The highest BCUT2D eigenvalue weighted by molar-refractivity contribution is 7.99. The van der Waals surface area contributed by atoms with Gasteiger partial charge in [-0.1, -0.05) is 29.8 Å². The molecule has 0 aliphatic heterocycles. The van der Waals surface area contributed by atoms with Crippen LogP contribution in [0.3, 0.4) is 0 Å². The van der Waals surface area contributed by atoms with Gasteiger partial charge >= 0.3 is 0 Å². The Labute approximate surface area is 123 Å². The minimum atomic E-state index is 0.681. The molecule has 0 spiro atoms. The van der Waals surface area contributed by atoms with Crippen LogP contribution in [-0.4, -0.2) is 21.8 Å². The maximum Gasteiger partial charge on any atom is 0.154 e. The molecule has 0 bridgehead atoms. The van der Waals surface area contributed by atoms with E-state index in [1.807, 2.05) is 41.9 Å². The first-order valence-corrected chi connectivity index (χ1v) is 7.48. The predicted octanol–water partition coefficient (Wildman–Crippen LogP) is 4.05. The predicted molar refractivity (Wildman–Crippen MR) is 83.8 cm³/mol. The number of thioether (sulfide) groups is 1. The van der Waals surface area contributed by atoms with E-state index in [0.29, 0.717) is 5.56 Å². The van der Waals surface area contributed by atoms with Gasteiger partial charge in [-0.3, -0.25) is 4.79 Å². The maximum absolute atomic E-state index is 11.3. The minimum Gasteiger partial charge on any atom is -0.298 e. The number of rotatable bonds is 5. The standard InChI is InChI=1S/C16H18N2OS/c1-12(2)9-10-20-16-15(11-19)13(3)17-18(16)14-7-5-4-6-8-14/h4-9,11H,10H2,1-3H3. The van der Waals surface area contributed by atoms with Crippen LogP contribution in [0.15, 0.2) is 47.0 Å². The second-order valence-electron chi connectivity index (χ2n) is 4.76. The number of carbonyl (C=O) groups excluding carboxylic acids is 1. The number of carbonyl (C=O) groups is 1. The summed E-state index contributed by atoms with van der Waals surface area (Å²) in [6.07, 6.45) is 3.05. The molecule has 2 aromatic rings. The van der Waals surface area contributed by atoms with Crippen LogP contribution in [0.4, 0.5) is 0 Å². The average Bonchev–Trinajstić information content (AvgIpc) is 2.75.